The Balaban J connectivity index is 6.05. The molecule has 10 heteroatoms. The van der Waals surface area contributed by atoms with Gasteiger partial charge in [0.1, 0.15) is 0 Å². The summed E-state index contributed by atoms with van der Waals surface area (Å²) in [4.78, 5) is 0. The molecule has 0 radical (unpaired) electrons. The maximum absolute atomic E-state index is 13.7. The van der Waals surface area contributed by atoms with E-state index in [2.05, 4.69) is 0 Å². The van der Waals surface area contributed by atoms with Crippen LogP contribution in [0.5, 0.6) is 0 Å². The first kappa shape index (κ1) is 30.4. The van der Waals surface area contributed by atoms with E-state index in [1.165, 1.54) is 0 Å². The summed E-state index contributed by atoms with van der Waals surface area (Å²) >= 11 is 0. The molecule has 30 heavy (non-hydrogen) atoms. The van der Waals surface area contributed by atoms with Crippen LogP contribution in [-0.4, -0.2) is 36.2 Å². The van der Waals surface area contributed by atoms with E-state index in [1.54, 1.807) is 13.8 Å². The summed E-state index contributed by atoms with van der Waals surface area (Å²) in [5.41, 5.74) is 0. The third kappa shape index (κ3) is 6.70. The van der Waals surface area contributed by atoms with Gasteiger partial charge in [0.05, 0.1) is 13.2 Å². The average Bonchev–Trinajstić information content (AvgIpc) is 2.70. The van der Waals surface area contributed by atoms with Crippen LogP contribution in [0.25, 0.3) is 0 Å². The highest BCUT2D eigenvalue weighted by Crippen LogP contribution is 2.69. The zero-order valence-corrected chi connectivity index (χ0v) is 23.0. The van der Waals surface area contributed by atoms with Gasteiger partial charge in [-0.1, -0.05) is 41.5 Å². The minimum Gasteiger partial charge on any atom is -0.327 e. The molecule has 0 aliphatic rings. The summed E-state index contributed by atoms with van der Waals surface area (Å²) in [5.74, 6) is 0. The van der Waals surface area contributed by atoms with E-state index in [0.29, 0.717) is 50.8 Å². The van der Waals surface area contributed by atoms with Gasteiger partial charge in [0.15, 0.2) is 0 Å². The predicted molar refractivity (Wildman–Crippen MR) is 125 cm³/mol. The Kier molecular flexibility index (Phi) is 14.0. The Morgan fingerprint density at radius 2 is 0.933 bits per heavy atom. The zero-order chi connectivity index (χ0) is 23.5. The first-order chi connectivity index (χ1) is 14.1. The third-order valence-corrected chi connectivity index (χ3v) is 14.3. The van der Waals surface area contributed by atoms with Gasteiger partial charge in [0.25, 0.3) is 0 Å². The monoisotopic (exact) mass is 489 g/mol. The molecule has 0 N–H and O–H groups in total. The second-order valence-corrected chi connectivity index (χ2v) is 13.9. The summed E-state index contributed by atoms with van der Waals surface area (Å²) in [5, 5.41) is -2.42. The van der Waals surface area contributed by atoms with Crippen molar-refractivity contribution < 1.29 is 31.8 Å². The smallest absolute Gasteiger partial charge is 0.327 e. The first-order valence-corrected chi connectivity index (χ1v) is 16.1. The van der Waals surface area contributed by atoms with Crippen molar-refractivity contribution in [2.24, 2.45) is 0 Å². The molecule has 0 amide bonds. The molecule has 0 aromatic heterocycles. The molecular formula is C20H44O7P3+. The molecule has 0 fully saturated rings. The minimum atomic E-state index is -3.25. The number of hydrogen-bond donors (Lipinski definition) is 0. The molecule has 0 spiro atoms. The molecule has 0 aromatic rings. The molecule has 0 saturated carbocycles. The van der Waals surface area contributed by atoms with Gasteiger partial charge in [0.2, 0.25) is 25.4 Å². The maximum Gasteiger partial charge on any atom is 0.699 e. The largest absolute Gasteiger partial charge is 0.699 e. The van der Waals surface area contributed by atoms with E-state index in [-0.39, 0.29) is 13.2 Å². The number of hydrogen-bond acceptors (Lipinski definition) is 7. The van der Waals surface area contributed by atoms with E-state index in [1.807, 2.05) is 41.5 Å². The van der Waals surface area contributed by atoms with Gasteiger partial charge < -0.3 is 9.05 Å². The van der Waals surface area contributed by atoms with Gasteiger partial charge in [-0.05, 0) is 52.4 Å². The normalized spacial score (nSPS) is 17.4. The van der Waals surface area contributed by atoms with Crippen molar-refractivity contribution >= 4 is 23.0 Å². The highest BCUT2D eigenvalue weighted by Gasteiger charge is 2.59. The lowest BCUT2D eigenvalue weighted by molar-refractivity contribution is 0.0593. The second kappa shape index (κ2) is 13.8. The lowest BCUT2D eigenvalue weighted by Gasteiger charge is -2.35. The fourth-order valence-electron chi connectivity index (χ4n) is 3.92. The van der Waals surface area contributed by atoms with Crippen molar-refractivity contribution in [1.82, 2.24) is 0 Å². The topological polar surface area (TPSA) is 88.1 Å². The summed E-state index contributed by atoms with van der Waals surface area (Å²) in [6.45, 7) is 15.4. The molecule has 2 atom stereocenters. The van der Waals surface area contributed by atoms with Crippen LogP contribution in [-0.2, 0) is 31.8 Å². The fourth-order valence-corrected chi connectivity index (χ4v) is 11.9. The molecular weight excluding hydrogens is 445 g/mol. The van der Waals surface area contributed by atoms with Crippen LogP contribution in [0, 0.1) is 0 Å². The molecule has 0 aliphatic carbocycles. The zero-order valence-electron chi connectivity index (χ0n) is 20.3. The Morgan fingerprint density at radius 1 is 0.633 bits per heavy atom. The van der Waals surface area contributed by atoms with Gasteiger partial charge in [0, 0.05) is 16.9 Å². The van der Waals surface area contributed by atoms with Crippen LogP contribution in [0.15, 0.2) is 0 Å². The molecule has 180 valence electrons. The summed E-state index contributed by atoms with van der Waals surface area (Å²) in [7, 11) is -9.20. The average molecular weight is 489 g/mol. The molecule has 7 nitrogen and oxygen atoms in total. The van der Waals surface area contributed by atoms with Crippen molar-refractivity contribution in [2.75, 3.05) is 25.5 Å². The van der Waals surface area contributed by atoms with Gasteiger partial charge in [-0.2, -0.15) is 0 Å². The lowest BCUT2D eigenvalue weighted by Crippen LogP contribution is -2.34. The van der Waals surface area contributed by atoms with E-state index in [4.69, 9.17) is 18.1 Å². The van der Waals surface area contributed by atoms with Crippen molar-refractivity contribution in [3.63, 3.8) is 0 Å². The molecule has 0 heterocycles. The van der Waals surface area contributed by atoms with Crippen LogP contribution in [0.3, 0.4) is 0 Å². The Morgan fingerprint density at radius 3 is 1.13 bits per heavy atom. The van der Waals surface area contributed by atoms with Gasteiger partial charge in [-0.25, -0.2) is 0 Å². The highest BCUT2D eigenvalue weighted by atomic mass is 31.2. The Hall–Kier alpha value is 0.400. The van der Waals surface area contributed by atoms with Crippen molar-refractivity contribution in [3.8, 4) is 0 Å². The third-order valence-electron chi connectivity index (χ3n) is 5.65. The number of rotatable bonds is 18. The second-order valence-electron chi connectivity index (χ2n) is 7.34. The van der Waals surface area contributed by atoms with E-state index in [9.17, 15) is 13.7 Å². The summed E-state index contributed by atoms with van der Waals surface area (Å²) in [6, 6.07) is 0. The lowest BCUT2D eigenvalue weighted by atomic mass is 10.2. The van der Waals surface area contributed by atoms with Gasteiger partial charge in [-0.15, -0.1) is 9.05 Å². The van der Waals surface area contributed by atoms with Gasteiger partial charge in [-0.3, -0.25) is 9.13 Å². The molecule has 0 aromatic carbocycles. The van der Waals surface area contributed by atoms with Crippen LogP contribution >= 0.6 is 23.0 Å². The summed E-state index contributed by atoms with van der Waals surface area (Å²) in [6.07, 6.45) is 3.47. The highest BCUT2D eigenvalue weighted by molar-refractivity contribution is 7.61. The summed E-state index contributed by atoms with van der Waals surface area (Å²) < 4.78 is 63.9. The molecule has 2 unspecified atom stereocenters. The van der Waals surface area contributed by atoms with E-state index in [0.717, 1.165) is 0 Å². The van der Waals surface area contributed by atoms with Crippen molar-refractivity contribution in [3.05, 3.63) is 0 Å². The Labute approximate surface area is 185 Å². The maximum atomic E-state index is 13.7. The minimum absolute atomic E-state index is 0.282. The molecule has 0 saturated heterocycles. The van der Waals surface area contributed by atoms with Crippen LogP contribution in [0.1, 0.15) is 93.9 Å². The van der Waals surface area contributed by atoms with Crippen molar-refractivity contribution in [2.45, 2.75) is 105 Å². The predicted octanol–water partition coefficient (Wildman–Crippen LogP) is 8.16. The molecule has 0 bridgehead atoms. The van der Waals surface area contributed by atoms with Crippen LogP contribution in [0.4, 0.5) is 0 Å². The van der Waals surface area contributed by atoms with Crippen LogP contribution < -0.4 is 0 Å². The molecule has 0 rings (SSSR count). The van der Waals surface area contributed by atoms with E-state index < -0.39 is 33.7 Å². The van der Waals surface area contributed by atoms with Crippen LogP contribution in [0.2, 0.25) is 0 Å². The fraction of sp³-hybridized carbons (Fsp3) is 1.00. The van der Waals surface area contributed by atoms with Crippen molar-refractivity contribution in [1.29, 1.82) is 0 Å². The Bertz CT molecular complexity index is 531. The standard InChI is InChI=1S/C20H44O7P3/c1-9-17-29(22,24-15-7)19(11-3,12-4)26-28(21)27-20(13-5,14-6)30(23,18-10-2)25-16-8/h9-18H2,1-8H3/q+1. The first-order valence-electron chi connectivity index (χ1n) is 11.4. The van der Waals surface area contributed by atoms with E-state index >= 15 is 0 Å². The quantitative estimate of drug-likeness (QED) is 0.179. The SMILES string of the molecule is CCCP(=O)(OCC)C(CC)(CC)O[P+](=O)OC(CC)(CC)P(=O)(CCC)OCC. The van der Waals surface area contributed by atoms with Gasteiger partial charge >= 0.3 is 8.25 Å². The molecule has 0 aliphatic heterocycles.